The van der Waals surface area contributed by atoms with Gasteiger partial charge < -0.3 is 15.7 Å². The molecular formula is C12H17N3O5S. The molecule has 0 heterocycles. The van der Waals surface area contributed by atoms with Gasteiger partial charge in [-0.25, -0.2) is 18.4 Å². The number of anilines is 1. The smallest absolute Gasteiger partial charge is 0.319 e. The first-order valence-corrected chi connectivity index (χ1v) is 7.84. The number of hydrogen-bond acceptors (Lipinski definition) is 4. The van der Waals surface area contributed by atoms with Crippen LogP contribution in [0.25, 0.3) is 0 Å². The molecule has 1 aromatic rings. The van der Waals surface area contributed by atoms with Crippen LogP contribution < -0.4 is 15.8 Å². The molecule has 1 aromatic carbocycles. The monoisotopic (exact) mass is 315 g/mol. The average Bonchev–Trinajstić information content (AvgIpc) is 2.35. The Morgan fingerprint density at radius 1 is 1.29 bits per heavy atom. The van der Waals surface area contributed by atoms with Gasteiger partial charge in [-0.3, -0.25) is 4.79 Å². The number of nitrogens with one attached hydrogen (secondary N) is 2. The number of amides is 2. The maximum atomic E-state index is 11.5. The van der Waals surface area contributed by atoms with Crippen LogP contribution >= 0.6 is 0 Å². The molecule has 2 amide bonds. The molecule has 0 saturated carbocycles. The van der Waals surface area contributed by atoms with Gasteiger partial charge in [-0.05, 0) is 24.1 Å². The van der Waals surface area contributed by atoms with Crippen molar-refractivity contribution in [2.75, 3.05) is 17.6 Å². The molecule has 116 valence electrons. The number of aliphatic carboxylic acids is 1. The van der Waals surface area contributed by atoms with Crippen LogP contribution in [0.4, 0.5) is 10.5 Å². The summed E-state index contributed by atoms with van der Waals surface area (Å²) >= 11 is 0. The van der Waals surface area contributed by atoms with E-state index < -0.39 is 22.0 Å². The van der Waals surface area contributed by atoms with Crippen molar-refractivity contribution in [3.63, 3.8) is 0 Å². The Hall–Kier alpha value is -2.13. The summed E-state index contributed by atoms with van der Waals surface area (Å²) in [5.41, 5.74) is 1.27. The fourth-order valence-electron chi connectivity index (χ4n) is 1.54. The van der Waals surface area contributed by atoms with E-state index in [1.807, 2.05) is 0 Å². The molecule has 0 aliphatic carbocycles. The Morgan fingerprint density at radius 3 is 2.62 bits per heavy atom. The fraction of sp³-hybridized carbons (Fsp3) is 0.333. The summed E-state index contributed by atoms with van der Waals surface area (Å²) < 4.78 is 21.4. The second-order valence-electron chi connectivity index (χ2n) is 4.34. The van der Waals surface area contributed by atoms with Crippen LogP contribution in [-0.2, 0) is 21.2 Å². The fourth-order valence-corrected chi connectivity index (χ4v) is 1.92. The molecule has 0 aliphatic rings. The molecule has 9 heteroatoms. The predicted octanol–water partition coefficient (Wildman–Crippen LogP) is 0.114. The molecule has 0 radical (unpaired) electrons. The molecule has 0 unspecified atom stereocenters. The number of sulfonamides is 1. The van der Waals surface area contributed by atoms with E-state index in [4.69, 9.17) is 10.2 Å². The van der Waals surface area contributed by atoms with Crippen LogP contribution in [0.5, 0.6) is 0 Å². The van der Waals surface area contributed by atoms with Crippen molar-refractivity contribution in [1.82, 2.24) is 5.32 Å². The maximum absolute atomic E-state index is 11.5. The number of rotatable bonds is 7. The largest absolute Gasteiger partial charge is 0.481 e. The number of benzene rings is 1. The molecule has 0 aromatic heterocycles. The number of hydrogen-bond donors (Lipinski definition) is 4. The van der Waals surface area contributed by atoms with Crippen molar-refractivity contribution in [3.05, 3.63) is 29.8 Å². The van der Waals surface area contributed by atoms with Gasteiger partial charge in [0.1, 0.15) is 0 Å². The lowest BCUT2D eigenvalue weighted by Crippen LogP contribution is -2.34. The van der Waals surface area contributed by atoms with Crippen molar-refractivity contribution in [1.29, 1.82) is 0 Å². The first-order valence-electron chi connectivity index (χ1n) is 6.12. The van der Waals surface area contributed by atoms with Crippen LogP contribution in [0.3, 0.4) is 0 Å². The normalized spacial score (nSPS) is 10.9. The summed E-state index contributed by atoms with van der Waals surface area (Å²) in [6.45, 7) is -0.0939. The van der Waals surface area contributed by atoms with Gasteiger partial charge in [0.05, 0.1) is 5.75 Å². The number of primary sulfonamides is 1. The lowest BCUT2D eigenvalue weighted by molar-refractivity contribution is -0.136. The quantitative estimate of drug-likeness (QED) is 0.566. The third kappa shape index (κ3) is 7.90. The van der Waals surface area contributed by atoms with Gasteiger partial charge in [0.25, 0.3) is 0 Å². The first kappa shape index (κ1) is 16.9. The number of carboxylic acid groups (broad SMARTS) is 1. The zero-order valence-corrected chi connectivity index (χ0v) is 12.0. The van der Waals surface area contributed by atoms with Crippen molar-refractivity contribution >= 4 is 27.7 Å². The molecule has 0 aliphatic heterocycles. The SMILES string of the molecule is NS(=O)(=O)CCNC(=O)Nc1cccc(CCC(=O)O)c1. The van der Waals surface area contributed by atoms with E-state index in [-0.39, 0.29) is 18.7 Å². The van der Waals surface area contributed by atoms with Crippen LogP contribution in [0, 0.1) is 0 Å². The summed E-state index contributed by atoms with van der Waals surface area (Å²) in [4.78, 5) is 22.0. The number of aryl methyl sites for hydroxylation is 1. The average molecular weight is 315 g/mol. The summed E-state index contributed by atoms with van der Waals surface area (Å²) in [7, 11) is -3.61. The van der Waals surface area contributed by atoms with Crippen molar-refractivity contribution < 1.29 is 23.1 Å². The zero-order chi connectivity index (χ0) is 15.9. The minimum absolute atomic E-state index is 0.00398. The Labute approximate surface area is 122 Å². The van der Waals surface area contributed by atoms with E-state index in [1.54, 1.807) is 24.3 Å². The van der Waals surface area contributed by atoms with Gasteiger partial charge in [-0.2, -0.15) is 0 Å². The third-order valence-corrected chi connectivity index (χ3v) is 3.26. The lowest BCUT2D eigenvalue weighted by Gasteiger charge is -2.08. The minimum Gasteiger partial charge on any atom is -0.481 e. The minimum atomic E-state index is -3.61. The number of nitrogens with two attached hydrogens (primary N) is 1. The Morgan fingerprint density at radius 2 is 2.00 bits per heavy atom. The molecule has 21 heavy (non-hydrogen) atoms. The van der Waals surface area contributed by atoms with E-state index >= 15 is 0 Å². The zero-order valence-electron chi connectivity index (χ0n) is 11.2. The van der Waals surface area contributed by atoms with Gasteiger partial charge >= 0.3 is 12.0 Å². The highest BCUT2D eigenvalue weighted by Crippen LogP contribution is 2.12. The molecule has 1 rings (SSSR count). The summed E-state index contributed by atoms with van der Waals surface area (Å²) in [5.74, 6) is -1.24. The number of carbonyl (C=O) groups is 2. The highest BCUT2D eigenvalue weighted by molar-refractivity contribution is 7.89. The number of urea groups is 1. The van der Waals surface area contributed by atoms with Gasteiger partial charge in [-0.15, -0.1) is 0 Å². The summed E-state index contributed by atoms with van der Waals surface area (Å²) in [5, 5.41) is 18.3. The molecule has 5 N–H and O–H groups in total. The molecule has 0 atom stereocenters. The topological polar surface area (TPSA) is 139 Å². The van der Waals surface area contributed by atoms with Gasteiger partial charge in [0.15, 0.2) is 0 Å². The van der Waals surface area contributed by atoms with Gasteiger partial charge in [-0.1, -0.05) is 12.1 Å². The summed E-state index contributed by atoms with van der Waals surface area (Å²) in [6.07, 6.45) is 0.363. The van der Waals surface area contributed by atoms with Crippen LogP contribution in [0.1, 0.15) is 12.0 Å². The van der Waals surface area contributed by atoms with Crippen LogP contribution in [0.2, 0.25) is 0 Å². The number of carboxylic acids is 1. The highest BCUT2D eigenvalue weighted by atomic mass is 32.2. The number of carbonyl (C=O) groups excluding carboxylic acids is 1. The Kier molecular flexibility index (Phi) is 6.12. The maximum Gasteiger partial charge on any atom is 0.319 e. The van der Waals surface area contributed by atoms with E-state index in [1.165, 1.54) is 0 Å². The van der Waals surface area contributed by atoms with Crippen molar-refractivity contribution in [3.8, 4) is 0 Å². The highest BCUT2D eigenvalue weighted by Gasteiger charge is 2.06. The lowest BCUT2D eigenvalue weighted by atomic mass is 10.1. The van der Waals surface area contributed by atoms with E-state index in [0.29, 0.717) is 12.1 Å². The second-order valence-corrected chi connectivity index (χ2v) is 6.08. The predicted molar refractivity (Wildman–Crippen MR) is 77.4 cm³/mol. The van der Waals surface area contributed by atoms with E-state index in [9.17, 15) is 18.0 Å². The van der Waals surface area contributed by atoms with Crippen LogP contribution in [0.15, 0.2) is 24.3 Å². The molecule has 0 fully saturated rings. The Bertz CT molecular complexity index is 615. The van der Waals surface area contributed by atoms with Gasteiger partial charge in [0, 0.05) is 18.7 Å². The molecule has 0 saturated heterocycles. The van der Waals surface area contributed by atoms with Crippen molar-refractivity contribution in [2.45, 2.75) is 12.8 Å². The van der Waals surface area contributed by atoms with Gasteiger partial charge in [0.2, 0.25) is 10.0 Å². The van der Waals surface area contributed by atoms with E-state index in [2.05, 4.69) is 10.6 Å². The van der Waals surface area contributed by atoms with Crippen LogP contribution in [-0.4, -0.2) is 37.8 Å². The first-order chi connectivity index (χ1) is 9.76. The second kappa shape index (κ2) is 7.60. The Balaban J connectivity index is 2.48. The molecule has 0 bridgehead atoms. The molecule has 0 spiro atoms. The summed E-state index contributed by atoms with van der Waals surface area (Å²) in [6, 6.07) is 6.18. The van der Waals surface area contributed by atoms with Crippen molar-refractivity contribution in [2.24, 2.45) is 5.14 Å². The standard InChI is InChI=1S/C12H17N3O5S/c13-21(19,20)7-6-14-12(18)15-10-3-1-2-9(8-10)4-5-11(16)17/h1-3,8H,4-7H2,(H,16,17)(H2,13,19,20)(H2,14,15,18). The molecule has 8 nitrogen and oxygen atoms in total. The van der Waals surface area contributed by atoms with E-state index in [0.717, 1.165) is 5.56 Å². The third-order valence-electron chi connectivity index (χ3n) is 2.48. The molecular weight excluding hydrogens is 298 g/mol.